The molecule has 152 valence electrons. The van der Waals surface area contributed by atoms with Crippen molar-refractivity contribution in [1.29, 1.82) is 0 Å². The third-order valence-corrected chi connectivity index (χ3v) is 0. The van der Waals surface area contributed by atoms with Crippen molar-refractivity contribution in [3.63, 3.8) is 0 Å². The Balaban J connectivity index is -0.0000000129. The van der Waals surface area contributed by atoms with E-state index in [1.165, 1.54) is 0 Å². The first-order valence-corrected chi connectivity index (χ1v) is 8.19. The van der Waals surface area contributed by atoms with E-state index >= 15 is 0 Å². The maximum absolute atomic E-state index is 8.55. The molecule has 0 saturated heterocycles. The summed E-state index contributed by atoms with van der Waals surface area (Å²) in [7, 11) is -20.9. The molecule has 0 heterocycles. The number of rotatable bonds is 0. The van der Waals surface area contributed by atoms with Gasteiger partial charge in [-0.3, -0.25) is 25.3 Å². The topological polar surface area (TPSA) is 417 Å². The van der Waals surface area contributed by atoms with Gasteiger partial charge in [-0.25, -0.2) is 0 Å². The average molecular weight is 542 g/mol. The summed E-state index contributed by atoms with van der Waals surface area (Å²) in [5.74, 6) is 0. The van der Waals surface area contributed by atoms with Gasteiger partial charge in [-0.15, -0.1) is 0 Å². The summed E-state index contributed by atoms with van der Waals surface area (Å²) in [6, 6.07) is 0. The van der Waals surface area contributed by atoms with Crippen molar-refractivity contribution >= 4 is 108 Å². The van der Waals surface area contributed by atoms with Crippen molar-refractivity contribution in [3.8, 4) is 0 Å². The molecule has 0 radical (unpaired) electrons. The zero-order valence-corrected chi connectivity index (χ0v) is 19.8. The number of phosphoric acid groups is 1. The van der Waals surface area contributed by atoms with Crippen LogP contribution < -0.4 is 14.7 Å². The zero-order chi connectivity index (χ0) is 18.0. The van der Waals surface area contributed by atoms with Crippen molar-refractivity contribution in [3.05, 3.63) is 0 Å². The molecule has 0 amide bonds. The molecule has 0 bridgehead atoms. The molecule has 0 aliphatic heterocycles. The Morgan fingerprint density at radius 3 is 0.444 bits per heavy atom. The maximum Gasteiger partial charge on any atom is 3.00 e. The van der Waals surface area contributed by atoms with Gasteiger partial charge in [-0.05, 0) is 0 Å². The van der Waals surface area contributed by atoms with E-state index in [2.05, 4.69) is 0 Å². The van der Waals surface area contributed by atoms with E-state index in [0.29, 0.717) is 0 Å². The van der Waals surface area contributed by atoms with E-state index in [4.69, 9.17) is 71.8 Å². The molecule has 0 aromatic carbocycles. The quantitative estimate of drug-likeness (QED) is 0.119. The molecule has 19 nitrogen and oxygen atoms in total. The second-order valence-corrected chi connectivity index (χ2v) is 5.02. The molecule has 0 aromatic heterocycles. The first-order chi connectivity index (χ1) is 8.00. The standard InChI is InChI=1S/4Al.H3O4P.3H2O4S.3H2O/c;;;;4*1-5(2,3)4;;;/h;;;;(H3,1,2,3,4);3*(H2,1,2,3,4);3*1H2/q4*+3;;;;;;;/p-12. The Kier molecular flexibility index (Phi) is 77.9. The molecular weight excluding hydrogens is 539 g/mol. The fourth-order valence-corrected chi connectivity index (χ4v) is 0. The first kappa shape index (κ1) is 70.3. The largest absolute Gasteiger partial charge is 3.00 e. The summed E-state index contributed by atoms with van der Waals surface area (Å²) in [6.45, 7) is 0. The molecule has 0 aromatic rings. The van der Waals surface area contributed by atoms with E-state index in [0.717, 1.165) is 0 Å². The minimum Gasteiger partial charge on any atom is -0.870 e. The van der Waals surface area contributed by atoms with Crippen LogP contribution in [0.4, 0.5) is 0 Å². The molecule has 27 heteroatoms. The van der Waals surface area contributed by atoms with Gasteiger partial charge < -0.3 is 63.0 Å². The van der Waals surface area contributed by atoms with Gasteiger partial charge in [0, 0.05) is 31.2 Å². The summed E-state index contributed by atoms with van der Waals surface area (Å²) in [5, 5.41) is 0. The molecule has 27 heavy (non-hydrogen) atoms. The molecule has 0 unspecified atom stereocenters. The Bertz CT molecular complexity index is 477. The van der Waals surface area contributed by atoms with Crippen molar-refractivity contribution in [2.45, 2.75) is 0 Å². The smallest absolute Gasteiger partial charge is 0.870 e. The van der Waals surface area contributed by atoms with Crippen LogP contribution in [0.3, 0.4) is 0 Å². The van der Waals surface area contributed by atoms with Crippen LogP contribution in [0, 0.1) is 0 Å². The van der Waals surface area contributed by atoms with Gasteiger partial charge in [0.25, 0.3) is 0 Å². The summed E-state index contributed by atoms with van der Waals surface area (Å²) in [6.07, 6.45) is 0. The molecule has 0 aliphatic rings. The van der Waals surface area contributed by atoms with Crippen LogP contribution in [0.25, 0.3) is 0 Å². The Labute approximate surface area is 195 Å². The van der Waals surface area contributed by atoms with Crippen LogP contribution in [0.1, 0.15) is 0 Å². The molecule has 0 atom stereocenters. The van der Waals surface area contributed by atoms with Gasteiger partial charge in [0.1, 0.15) is 0 Å². The number of hydrogen-bond acceptors (Lipinski definition) is 19. The van der Waals surface area contributed by atoms with Crippen LogP contribution in [0.5, 0.6) is 0 Å². The number of hydrogen-bond donors (Lipinski definition) is 0. The summed E-state index contributed by atoms with van der Waals surface area (Å²) >= 11 is 0. The van der Waals surface area contributed by atoms with Gasteiger partial charge >= 0.3 is 69.4 Å². The molecule has 0 fully saturated rings. The predicted molar refractivity (Wildman–Crippen MR) is 67.9 cm³/mol. The summed E-state index contributed by atoms with van der Waals surface area (Å²) in [5.41, 5.74) is 0. The molecule has 0 rings (SSSR count). The van der Waals surface area contributed by atoms with Gasteiger partial charge in [0.2, 0.25) is 0 Å². The van der Waals surface area contributed by atoms with Crippen LogP contribution in [0.2, 0.25) is 0 Å². The van der Waals surface area contributed by atoms with Crippen molar-refractivity contribution in [2.75, 3.05) is 0 Å². The Morgan fingerprint density at radius 2 is 0.444 bits per heavy atom. The molecule has 0 saturated carbocycles. The van der Waals surface area contributed by atoms with Crippen LogP contribution in [-0.4, -0.2) is 138 Å². The fourth-order valence-electron chi connectivity index (χ4n) is 0. The molecule has 3 N–H and O–H groups in total. The normalized spacial score (nSPS) is 8.63. The SMILES string of the molecule is O=P([O-])([O-])[O-].O=S(=O)([O-])[O-].O=S(=O)([O-])[O-].O=S(=O)([O-])[O-].[Al+3].[Al+3].[Al+3].[Al+3].[OH-].[OH-].[OH-]. The minimum atomic E-state index is -5.39. The van der Waals surface area contributed by atoms with Crippen molar-refractivity contribution in [1.82, 2.24) is 0 Å². The Hall–Kier alpha value is 1.73. The third kappa shape index (κ3) is 6130. The Morgan fingerprint density at radius 1 is 0.444 bits per heavy atom. The van der Waals surface area contributed by atoms with Gasteiger partial charge in [0.05, 0.1) is 0 Å². The summed E-state index contributed by atoms with van der Waals surface area (Å²) < 4.78 is 111. The minimum absolute atomic E-state index is 0. The van der Waals surface area contributed by atoms with Gasteiger partial charge in [-0.2, -0.15) is 7.82 Å². The second kappa shape index (κ2) is 29.9. The third-order valence-electron chi connectivity index (χ3n) is 0. The van der Waals surface area contributed by atoms with E-state index in [-0.39, 0.29) is 85.9 Å². The fraction of sp³-hybridized carbons (Fsp3) is 0. The molecular formula is H3Al4O19PS3. The zero-order valence-electron chi connectivity index (χ0n) is 11.9. The van der Waals surface area contributed by atoms with Gasteiger partial charge in [0.15, 0.2) is 0 Å². The molecule has 0 spiro atoms. The summed E-state index contributed by atoms with van der Waals surface area (Å²) in [4.78, 5) is 25.6. The van der Waals surface area contributed by atoms with E-state index < -0.39 is 39.0 Å². The average Bonchev–Trinajstić information content (AvgIpc) is 1.62. The van der Waals surface area contributed by atoms with Crippen molar-refractivity contribution < 1.29 is 88.2 Å². The van der Waals surface area contributed by atoms with Crippen LogP contribution in [0.15, 0.2) is 0 Å². The predicted octanol–water partition coefficient (Wildman–Crippen LogP) is -8.89. The van der Waals surface area contributed by atoms with E-state index in [9.17, 15) is 0 Å². The van der Waals surface area contributed by atoms with E-state index in [1.807, 2.05) is 0 Å². The van der Waals surface area contributed by atoms with Gasteiger partial charge in [-0.1, -0.05) is 0 Å². The molecule has 0 aliphatic carbocycles. The van der Waals surface area contributed by atoms with E-state index in [1.54, 1.807) is 0 Å². The van der Waals surface area contributed by atoms with Crippen molar-refractivity contribution in [2.24, 2.45) is 0 Å². The maximum atomic E-state index is 8.55. The monoisotopic (exact) mass is 542 g/mol. The second-order valence-electron chi connectivity index (χ2n) is 1.67. The van der Waals surface area contributed by atoms with Crippen LogP contribution in [-0.2, 0) is 35.8 Å². The first-order valence-electron chi connectivity index (χ1n) is 2.73. The van der Waals surface area contributed by atoms with Crippen LogP contribution >= 0.6 is 7.82 Å².